The Bertz CT molecular complexity index is 1060. The lowest BCUT2D eigenvalue weighted by Gasteiger charge is -2.69. The molecule has 5 aliphatic rings. The van der Waals surface area contributed by atoms with Gasteiger partial charge in [-0.1, -0.05) is 61.0 Å². The van der Waals surface area contributed by atoms with Crippen LogP contribution in [-0.2, 0) is 14.3 Å². The quantitative estimate of drug-likeness (QED) is 0.355. The molecule has 0 unspecified atom stereocenters. The van der Waals surface area contributed by atoms with E-state index in [4.69, 9.17) is 9.47 Å². The summed E-state index contributed by atoms with van der Waals surface area (Å²) < 4.78 is 13.8. The van der Waals surface area contributed by atoms with Gasteiger partial charge in [-0.25, -0.2) is 0 Å². The number of Topliss-reactive ketones (excluding diaryl/α,β-unsaturated/α-hetero) is 1. The van der Waals surface area contributed by atoms with Crippen molar-refractivity contribution in [3.8, 4) is 0 Å². The topological polar surface area (TPSA) is 96.2 Å². The van der Waals surface area contributed by atoms with Crippen LogP contribution in [0.15, 0.2) is 11.1 Å². The van der Waals surface area contributed by atoms with Gasteiger partial charge in [0, 0.05) is 17.8 Å². The number of hydrogen-bond acceptors (Lipinski definition) is 6. The van der Waals surface area contributed by atoms with Gasteiger partial charge in [0.25, 0.3) is 0 Å². The first kappa shape index (κ1) is 30.7. The molecule has 3 saturated carbocycles. The highest BCUT2D eigenvalue weighted by molar-refractivity contribution is 5.85. The molecule has 0 aromatic heterocycles. The fraction of sp³-hybridized carbons (Fsp3) is 0.912. The van der Waals surface area contributed by atoms with Gasteiger partial charge >= 0.3 is 0 Å². The molecule has 40 heavy (non-hydrogen) atoms. The molecular formula is C34H56O6. The van der Waals surface area contributed by atoms with Gasteiger partial charge < -0.3 is 24.8 Å². The summed E-state index contributed by atoms with van der Waals surface area (Å²) in [7, 11) is 0. The van der Waals surface area contributed by atoms with Crippen molar-refractivity contribution in [3.63, 3.8) is 0 Å². The molecule has 228 valence electrons. The van der Waals surface area contributed by atoms with Gasteiger partial charge in [0.2, 0.25) is 0 Å². The zero-order valence-corrected chi connectivity index (χ0v) is 26.7. The molecule has 0 aromatic rings. The maximum absolute atomic E-state index is 13.2. The van der Waals surface area contributed by atoms with Crippen LogP contribution in [0, 0.1) is 45.3 Å². The lowest BCUT2D eigenvalue weighted by molar-refractivity contribution is -0.215. The van der Waals surface area contributed by atoms with Crippen LogP contribution >= 0.6 is 0 Å². The largest absolute Gasteiger partial charge is 0.390 e. The van der Waals surface area contributed by atoms with E-state index in [2.05, 4.69) is 55.4 Å². The number of aliphatic hydroxyl groups excluding tert-OH is 2. The van der Waals surface area contributed by atoms with E-state index < -0.39 is 17.8 Å². The predicted molar refractivity (Wildman–Crippen MR) is 155 cm³/mol. The summed E-state index contributed by atoms with van der Waals surface area (Å²) in [6.07, 6.45) is 3.36. The smallest absolute Gasteiger partial charge is 0.161 e. The molecule has 4 fully saturated rings. The molecule has 6 heteroatoms. The summed E-state index contributed by atoms with van der Waals surface area (Å²) in [5, 5.41) is 31.8. The van der Waals surface area contributed by atoms with E-state index in [0.717, 1.165) is 32.1 Å². The number of ether oxygens (including phenoxy) is 2. The molecule has 11 atom stereocenters. The second-order valence-corrected chi connectivity index (χ2v) is 16.5. The first-order valence-corrected chi connectivity index (χ1v) is 16.0. The number of rotatable bonds is 6. The van der Waals surface area contributed by atoms with Crippen molar-refractivity contribution >= 4 is 5.78 Å². The third kappa shape index (κ3) is 4.17. The minimum atomic E-state index is -1.37. The molecule has 1 aliphatic heterocycles. The predicted octanol–water partition coefficient (Wildman–Crippen LogP) is 5.81. The van der Waals surface area contributed by atoms with Crippen LogP contribution in [0.3, 0.4) is 0 Å². The van der Waals surface area contributed by atoms with Gasteiger partial charge in [0.05, 0.1) is 17.8 Å². The average molecular weight is 561 g/mol. The Labute approximate surface area is 242 Å². The lowest BCUT2D eigenvalue weighted by atomic mass is 9.35. The summed E-state index contributed by atoms with van der Waals surface area (Å²) in [5.74, 6) is 1.29. The van der Waals surface area contributed by atoms with Crippen LogP contribution in [0.1, 0.15) is 114 Å². The van der Waals surface area contributed by atoms with Crippen molar-refractivity contribution in [1.82, 2.24) is 0 Å². The minimum absolute atomic E-state index is 0.00681. The summed E-state index contributed by atoms with van der Waals surface area (Å²) in [4.78, 5) is 13.2. The first-order chi connectivity index (χ1) is 18.3. The van der Waals surface area contributed by atoms with Gasteiger partial charge in [-0.2, -0.15) is 0 Å². The second kappa shape index (κ2) is 9.61. The summed E-state index contributed by atoms with van der Waals surface area (Å²) in [6, 6.07) is 0. The summed E-state index contributed by atoms with van der Waals surface area (Å²) in [5.41, 5.74) is 0.935. The lowest BCUT2D eigenvalue weighted by Crippen LogP contribution is -2.68. The average Bonchev–Trinajstić information content (AvgIpc) is 3.42. The third-order valence-electron chi connectivity index (χ3n) is 13.0. The van der Waals surface area contributed by atoms with Crippen molar-refractivity contribution in [2.75, 3.05) is 0 Å². The second-order valence-electron chi connectivity index (χ2n) is 16.5. The van der Waals surface area contributed by atoms with Crippen LogP contribution < -0.4 is 0 Å². The highest BCUT2D eigenvalue weighted by Gasteiger charge is 2.73. The Morgan fingerprint density at radius 2 is 1.62 bits per heavy atom. The molecule has 0 amide bonds. The standard InChI is InChI=1S/C34H56O6/c1-18(2)29-39-25-24-20(19(3)17-21(35)28(37)31(6,7)38)11-15-33(24,9)34(10)16-12-22-30(4,5)23(36)13-14-32(22,8)27(34)26(25)40-29/h18-19,21-22,25-29,35,37-38H,11-17H2,1-10H3/t19-,21+,22+,25+,26+,27+,28-,29+,32+,33+,34+/m1/s1. The summed E-state index contributed by atoms with van der Waals surface area (Å²) in [6.45, 7) is 21.3. The minimum Gasteiger partial charge on any atom is -0.390 e. The monoisotopic (exact) mass is 560 g/mol. The third-order valence-corrected chi connectivity index (χ3v) is 13.0. The normalized spacial score (nSPS) is 45.0. The summed E-state index contributed by atoms with van der Waals surface area (Å²) >= 11 is 0. The molecule has 0 spiro atoms. The number of carbonyl (C=O) groups is 1. The number of allylic oxidation sites excluding steroid dienone is 1. The molecular weight excluding hydrogens is 504 g/mol. The fourth-order valence-corrected chi connectivity index (χ4v) is 10.6. The Morgan fingerprint density at radius 3 is 2.23 bits per heavy atom. The molecule has 1 saturated heterocycles. The number of fused-ring (bicyclic) bond motifs is 8. The zero-order chi connectivity index (χ0) is 29.8. The van der Waals surface area contributed by atoms with Crippen LogP contribution in [0.5, 0.6) is 0 Å². The van der Waals surface area contributed by atoms with Gasteiger partial charge in [-0.3, -0.25) is 4.79 Å². The SMILES string of the molecule is CC(C)[C@@H]1O[C@H]2[C@@H](O1)C1=C([C@H](C)C[C@H](O)[C@@H](O)C(C)(C)O)CC[C@]1(C)[C@@]1(C)CC[C@H]3C(C)(C)C(=O)CC[C@]3(C)[C@H]21. The molecule has 0 bridgehead atoms. The fourth-order valence-electron chi connectivity index (χ4n) is 10.6. The van der Waals surface area contributed by atoms with Gasteiger partial charge in [-0.15, -0.1) is 0 Å². The number of aliphatic hydroxyl groups is 3. The number of ketones is 1. The zero-order valence-electron chi connectivity index (χ0n) is 26.7. The van der Waals surface area contributed by atoms with Crippen LogP contribution in [0.4, 0.5) is 0 Å². The van der Waals surface area contributed by atoms with E-state index in [9.17, 15) is 20.1 Å². The van der Waals surface area contributed by atoms with Crippen LogP contribution in [0.2, 0.25) is 0 Å². The molecule has 5 rings (SSSR count). The molecule has 4 aliphatic carbocycles. The van der Waals surface area contributed by atoms with E-state index in [0.29, 0.717) is 24.5 Å². The van der Waals surface area contributed by atoms with E-state index in [1.54, 1.807) is 13.8 Å². The Balaban J connectivity index is 1.60. The molecule has 1 heterocycles. The Morgan fingerprint density at radius 1 is 0.975 bits per heavy atom. The van der Waals surface area contributed by atoms with E-state index in [1.165, 1.54) is 11.1 Å². The number of hydrogen-bond donors (Lipinski definition) is 3. The molecule has 3 N–H and O–H groups in total. The maximum Gasteiger partial charge on any atom is 0.161 e. The van der Waals surface area contributed by atoms with Crippen molar-refractivity contribution < 1.29 is 29.6 Å². The highest BCUT2D eigenvalue weighted by Crippen LogP contribution is 2.75. The van der Waals surface area contributed by atoms with Crippen molar-refractivity contribution in [2.45, 2.75) is 150 Å². The van der Waals surface area contributed by atoms with E-state index in [-0.39, 0.29) is 57.9 Å². The molecule has 0 aromatic carbocycles. The van der Waals surface area contributed by atoms with Crippen LogP contribution in [-0.4, -0.2) is 57.4 Å². The maximum atomic E-state index is 13.2. The van der Waals surface area contributed by atoms with Crippen molar-refractivity contribution in [3.05, 3.63) is 11.1 Å². The van der Waals surface area contributed by atoms with Crippen molar-refractivity contribution in [1.29, 1.82) is 0 Å². The van der Waals surface area contributed by atoms with E-state index >= 15 is 0 Å². The van der Waals surface area contributed by atoms with Gasteiger partial charge in [0.1, 0.15) is 18.0 Å². The Hall–Kier alpha value is -0.790. The van der Waals surface area contributed by atoms with Gasteiger partial charge in [0.15, 0.2) is 6.29 Å². The molecule has 6 nitrogen and oxygen atoms in total. The molecule has 0 radical (unpaired) electrons. The first-order valence-electron chi connectivity index (χ1n) is 16.0. The Kier molecular flexibility index (Phi) is 7.36. The van der Waals surface area contributed by atoms with Crippen LogP contribution in [0.25, 0.3) is 0 Å². The van der Waals surface area contributed by atoms with E-state index in [1.807, 2.05) is 0 Å². The van der Waals surface area contributed by atoms with Crippen molar-refractivity contribution in [2.24, 2.45) is 45.3 Å². The highest BCUT2D eigenvalue weighted by atomic mass is 16.7. The number of carbonyl (C=O) groups excluding carboxylic acids is 1. The van der Waals surface area contributed by atoms with Gasteiger partial charge in [-0.05, 0) is 91.9 Å².